The number of hydrogen-bond donors (Lipinski definition) is 2. The maximum absolute atomic E-state index is 11.8. The summed E-state index contributed by atoms with van der Waals surface area (Å²) in [5, 5.41) is 19.5. The normalized spacial score (nSPS) is 36.1. The summed E-state index contributed by atoms with van der Waals surface area (Å²) >= 11 is 0. The Morgan fingerprint density at radius 2 is 2.30 bits per heavy atom. The molecule has 2 heterocycles. The summed E-state index contributed by atoms with van der Waals surface area (Å²) in [6.07, 6.45) is 10.4. The highest BCUT2D eigenvalue weighted by Crippen LogP contribution is 2.39. The van der Waals surface area contributed by atoms with E-state index in [0.29, 0.717) is 12.1 Å². The zero-order valence-corrected chi connectivity index (χ0v) is 11.2. The standard InChI is InChI=1S/C15H17NO4/c1-16-8-13(17)7-15(16,14(18)19)12-3-2-10-4-5-20-9-11(10)6-12/h2-6,9-10,13,17H,7-8H2,1H3,(H,18,19). The van der Waals surface area contributed by atoms with E-state index in [1.165, 1.54) is 0 Å². The van der Waals surface area contributed by atoms with Crippen molar-refractivity contribution in [1.82, 2.24) is 4.90 Å². The molecule has 0 spiro atoms. The number of rotatable bonds is 2. The maximum atomic E-state index is 11.8. The second-order valence-corrected chi connectivity index (χ2v) is 5.47. The molecule has 0 aromatic heterocycles. The number of carboxylic acid groups (broad SMARTS) is 1. The molecule has 3 unspecified atom stereocenters. The lowest BCUT2D eigenvalue weighted by Crippen LogP contribution is -2.50. The number of aliphatic hydroxyl groups excluding tert-OH is 1. The van der Waals surface area contributed by atoms with E-state index in [9.17, 15) is 15.0 Å². The van der Waals surface area contributed by atoms with E-state index < -0.39 is 17.6 Å². The number of carboxylic acids is 1. The average Bonchev–Trinajstić information content (AvgIpc) is 2.74. The fraction of sp³-hybridized carbons (Fsp3) is 0.400. The van der Waals surface area contributed by atoms with Crippen molar-refractivity contribution in [2.24, 2.45) is 5.92 Å². The van der Waals surface area contributed by atoms with Crippen molar-refractivity contribution in [3.63, 3.8) is 0 Å². The van der Waals surface area contributed by atoms with Crippen LogP contribution < -0.4 is 0 Å². The van der Waals surface area contributed by atoms with Crippen LogP contribution in [0.15, 0.2) is 48.0 Å². The monoisotopic (exact) mass is 275 g/mol. The van der Waals surface area contributed by atoms with E-state index in [-0.39, 0.29) is 12.3 Å². The number of nitrogens with zero attached hydrogens (tertiary/aromatic N) is 1. The lowest BCUT2D eigenvalue weighted by Gasteiger charge is -2.35. The molecule has 3 rings (SSSR count). The minimum absolute atomic E-state index is 0.134. The third-order valence-electron chi connectivity index (χ3n) is 4.26. The molecule has 3 aliphatic rings. The van der Waals surface area contributed by atoms with Crippen LogP contribution in [0.1, 0.15) is 6.42 Å². The van der Waals surface area contributed by atoms with E-state index in [1.807, 2.05) is 24.3 Å². The molecule has 1 aliphatic carbocycles. The molecular formula is C15H17NO4. The number of likely N-dealkylation sites (tertiary alicyclic amines) is 1. The van der Waals surface area contributed by atoms with Crippen LogP contribution in [0.3, 0.4) is 0 Å². The lowest BCUT2D eigenvalue weighted by molar-refractivity contribution is -0.146. The number of carbonyl (C=O) groups is 1. The molecule has 2 N–H and O–H groups in total. The predicted molar refractivity (Wildman–Crippen MR) is 72.6 cm³/mol. The number of aliphatic carboxylic acids is 1. The summed E-state index contributed by atoms with van der Waals surface area (Å²) < 4.78 is 5.16. The Balaban J connectivity index is 2.02. The molecule has 0 aromatic carbocycles. The van der Waals surface area contributed by atoms with Gasteiger partial charge in [-0.15, -0.1) is 0 Å². The number of likely N-dealkylation sites (N-methyl/N-ethyl adjacent to an activating group) is 1. The fourth-order valence-electron chi connectivity index (χ4n) is 3.18. The van der Waals surface area contributed by atoms with Gasteiger partial charge in [0.25, 0.3) is 0 Å². The number of aliphatic hydroxyl groups is 1. The van der Waals surface area contributed by atoms with Crippen LogP contribution in [-0.2, 0) is 9.53 Å². The highest BCUT2D eigenvalue weighted by Gasteiger charge is 2.52. The van der Waals surface area contributed by atoms with Gasteiger partial charge in [-0.2, -0.15) is 0 Å². The van der Waals surface area contributed by atoms with Gasteiger partial charge in [-0.1, -0.05) is 12.2 Å². The van der Waals surface area contributed by atoms with Gasteiger partial charge in [0.1, 0.15) is 5.54 Å². The Morgan fingerprint density at radius 3 is 2.95 bits per heavy atom. The Bertz CT molecular complexity index is 560. The Morgan fingerprint density at radius 1 is 1.50 bits per heavy atom. The SMILES string of the molecule is CN1CC(O)CC1(C(=O)O)C1=CC2=COC=CC2C=C1. The Labute approximate surface area is 117 Å². The van der Waals surface area contributed by atoms with Gasteiger partial charge < -0.3 is 14.9 Å². The minimum Gasteiger partial charge on any atom is -0.480 e. The molecule has 0 radical (unpaired) electrons. The number of hydrogen-bond acceptors (Lipinski definition) is 4. The van der Waals surface area contributed by atoms with Crippen LogP contribution in [-0.4, -0.2) is 46.3 Å². The summed E-state index contributed by atoms with van der Waals surface area (Å²) in [6, 6.07) is 0. The fourth-order valence-corrected chi connectivity index (χ4v) is 3.18. The lowest BCUT2D eigenvalue weighted by atomic mass is 9.80. The molecule has 0 saturated carbocycles. The quantitative estimate of drug-likeness (QED) is 0.788. The zero-order valence-electron chi connectivity index (χ0n) is 11.2. The molecule has 2 aliphatic heterocycles. The first-order valence-corrected chi connectivity index (χ1v) is 6.59. The van der Waals surface area contributed by atoms with Crippen LogP contribution in [0.25, 0.3) is 0 Å². The van der Waals surface area contributed by atoms with Crippen molar-refractivity contribution in [3.05, 3.63) is 48.0 Å². The topological polar surface area (TPSA) is 70.0 Å². The molecule has 5 nitrogen and oxygen atoms in total. The first-order valence-electron chi connectivity index (χ1n) is 6.59. The van der Waals surface area contributed by atoms with Gasteiger partial charge in [0.05, 0.1) is 18.6 Å². The predicted octanol–water partition coefficient (Wildman–Crippen LogP) is 1.05. The first kappa shape index (κ1) is 13.1. The van der Waals surface area contributed by atoms with Crippen molar-refractivity contribution in [2.45, 2.75) is 18.1 Å². The van der Waals surface area contributed by atoms with Crippen molar-refractivity contribution >= 4 is 5.97 Å². The smallest absolute Gasteiger partial charge is 0.328 e. The second kappa shape index (κ2) is 4.61. The summed E-state index contributed by atoms with van der Waals surface area (Å²) in [5.41, 5.74) is 0.453. The average molecular weight is 275 g/mol. The van der Waals surface area contributed by atoms with Gasteiger partial charge in [0.15, 0.2) is 0 Å². The van der Waals surface area contributed by atoms with Crippen molar-refractivity contribution < 1.29 is 19.7 Å². The first-order chi connectivity index (χ1) is 9.54. The molecule has 0 aromatic rings. The minimum atomic E-state index is -1.16. The third-order valence-corrected chi connectivity index (χ3v) is 4.26. The van der Waals surface area contributed by atoms with E-state index in [1.54, 1.807) is 24.5 Å². The van der Waals surface area contributed by atoms with E-state index in [0.717, 1.165) is 5.57 Å². The highest BCUT2D eigenvalue weighted by molar-refractivity contribution is 5.85. The Kier molecular flexibility index (Phi) is 3.03. The van der Waals surface area contributed by atoms with Gasteiger partial charge in [-0.05, 0) is 30.3 Å². The maximum Gasteiger partial charge on any atom is 0.328 e. The van der Waals surface area contributed by atoms with Crippen LogP contribution in [0, 0.1) is 5.92 Å². The van der Waals surface area contributed by atoms with E-state index >= 15 is 0 Å². The van der Waals surface area contributed by atoms with Crippen molar-refractivity contribution in [1.29, 1.82) is 0 Å². The van der Waals surface area contributed by atoms with Gasteiger partial charge in [-0.3, -0.25) is 4.90 Å². The van der Waals surface area contributed by atoms with Crippen LogP contribution in [0.2, 0.25) is 0 Å². The second-order valence-electron chi connectivity index (χ2n) is 5.47. The molecule has 0 bridgehead atoms. The molecule has 106 valence electrons. The number of fused-ring (bicyclic) bond motifs is 1. The molecule has 5 heteroatoms. The Hall–Kier alpha value is -1.85. The van der Waals surface area contributed by atoms with Crippen LogP contribution in [0.4, 0.5) is 0 Å². The van der Waals surface area contributed by atoms with Gasteiger partial charge >= 0.3 is 5.97 Å². The van der Waals surface area contributed by atoms with Crippen molar-refractivity contribution in [3.8, 4) is 0 Å². The van der Waals surface area contributed by atoms with Crippen molar-refractivity contribution in [2.75, 3.05) is 13.6 Å². The summed E-state index contributed by atoms with van der Waals surface area (Å²) in [4.78, 5) is 13.6. The largest absolute Gasteiger partial charge is 0.480 e. The zero-order chi connectivity index (χ0) is 14.3. The molecule has 0 amide bonds. The van der Waals surface area contributed by atoms with E-state index in [2.05, 4.69) is 0 Å². The van der Waals surface area contributed by atoms with Gasteiger partial charge in [0.2, 0.25) is 0 Å². The number of ether oxygens (including phenoxy) is 1. The molecule has 20 heavy (non-hydrogen) atoms. The number of β-amino-alcohol motifs (C(OH)–C–C–N with tert-alkyl or cyclic N) is 1. The summed E-state index contributed by atoms with van der Waals surface area (Å²) in [7, 11) is 1.73. The highest BCUT2D eigenvalue weighted by atomic mass is 16.5. The molecule has 3 atom stereocenters. The van der Waals surface area contributed by atoms with Gasteiger partial charge in [0, 0.05) is 18.9 Å². The molecule has 1 fully saturated rings. The van der Waals surface area contributed by atoms with Crippen LogP contribution >= 0.6 is 0 Å². The summed E-state index contributed by atoms with van der Waals surface area (Å²) in [5.74, 6) is -0.797. The summed E-state index contributed by atoms with van der Waals surface area (Å²) in [6.45, 7) is 0.357. The molecular weight excluding hydrogens is 258 g/mol. The number of allylic oxidation sites excluding steroid dienone is 4. The third kappa shape index (κ3) is 1.82. The van der Waals surface area contributed by atoms with Gasteiger partial charge in [-0.25, -0.2) is 4.79 Å². The van der Waals surface area contributed by atoms with Crippen LogP contribution in [0.5, 0.6) is 0 Å². The molecule has 1 saturated heterocycles. The van der Waals surface area contributed by atoms with E-state index in [4.69, 9.17) is 4.74 Å².